The van der Waals surface area contributed by atoms with E-state index in [1.165, 1.54) is 154 Å². The maximum atomic E-state index is 3.79. The predicted octanol–water partition coefficient (Wildman–Crippen LogP) is 11.1. The minimum atomic E-state index is 1.20. The highest BCUT2D eigenvalue weighted by atomic mass is 14.0. The summed E-state index contributed by atoms with van der Waals surface area (Å²) in [6.45, 7) is 6.08. The summed E-state index contributed by atoms with van der Waals surface area (Å²) in [5, 5.41) is 0. The highest BCUT2D eigenvalue weighted by Crippen LogP contribution is 2.14. The summed E-state index contributed by atoms with van der Waals surface area (Å²) in [5.41, 5.74) is 0. The Morgan fingerprint density at radius 3 is 0.966 bits per heavy atom. The van der Waals surface area contributed by atoms with Crippen LogP contribution in [-0.2, 0) is 0 Å². The molecule has 0 rings (SSSR count). The van der Waals surface area contributed by atoms with E-state index < -0.39 is 0 Å². The van der Waals surface area contributed by atoms with Crippen LogP contribution in [0.1, 0.15) is 161 Å². The van der Waals surface area contributed by atoms with Crippen LogP contribution in [0.15, 0.2) is 24.8 Å². The van der Waals surface area contributed by atoms with Gasteiger partial charge in [0, 0.05) is 0 Å². The molecule has 29 heavy (non-hydrogen) atoms. The van der Waals surface area contributed by atoms with Crippen molar-refractivity contribution in [2.75, 3.05) is 0 Å². The predicted molar refractivity (Wildman–Crippen MR) is 136 cm³/mol. The van der Waals surface area contributed by atoms with Crippen LogP contribution in [0.4, 0.5) is 0 Å². The van der Waals surface area contributed by atoms with E-state index in [0.29, 0.717) is 0 Å². The van der Waals surface area contributed by atoms with Gasteiger partial charge in [-0.2, -0.15) is 0 Å². The van der Waals surface area contributed by atoms with E-state index >= 15 is 0 Å². The summed E-state index contributed by atoms with van der Waals surface area (Å²) in [6.07, 6.45) is 40.9. The first-order valence-electron chi connectivity index (χ1n) is 13.7. The van der Waals surface area contributed by atoms with Gasteiger partial charge in [0.1, 0.15) is 0 Å². The van der Waals surface area contributed by atoms with Gasteiger partial charge in [-0.3, -0.25) is 0 Å². The summed E-state index contributed by atoms with van der Waals surface area (Å²) < 4.78 is 0. The lowest BCUT2D eigenvalue weighted by Gasteiger charge is -2.03. The number of allylic oxidation sites excluding steroid dienone is 3. The van der Waals surface area contributed by atoms with Gasteiger partial charge in [-0.1, -0.05) is 141 Å². The van der Waals surface area contributed by atoms with Gasteiger partial charge in [-0.25, -0.2) is 0 Å². The molecule has 0 aliphatic heterocycles. The molecule has 172 valence electrons. The maximum Gasteiger partial charge on any atom is -0.0351 e. The number of hydrogen-bond donors (Lipinski definition) is 0. The number of unbranched alkanes of at least 4 members (excludes halogenated alkanes) is 22. The van der Waals surface area contributed by atoms with Gasteiger partial charge in [0.25, 0.3) is 0 Å². The topological polar surface area (TPSA) is 0 Å². The molecule has 0 amide bonds. The fourth-order valence-electron chi connectivity index (χ4n) is 4.13. The zero-order valence-corrected chi connectivity index (χ0v) is 20.4. The maximum absolute atomic E-state index is 3.79. The largest absolute Gasteiger partial charge is 0.103 e. The van der Waals surface area contributed by atoms with Crippen LogP contribution in [0, 0.1) is 0 Å². The average molecular weight is 405 g/mol. The Bertz CT molecular complexity index is 314. The standard InChI is InChI=1S/C29H56/c1-3-5-7-9-11-13-15-17-19-21-23-25-27-29-28-26-24-22-20-18-16-14-12-10-8-6-4-2/h3,18,20H,1,4-17,19,21-29H2,2H3/b20-18+. The second-order valence-electron chi connectivity index (χ2n) is 9.20. The van der Waals surface area contributed by atoms with Crippen LogP contribution in [0.25, 0.3) is 0 Å². The van der Waals surface area contributed by atoms with Gasteiger partial charge < -0.3 is 0 Å². The summed E-state index contributed by atoms with van der Waals surface area (Å²) in [4.78, 5) is 0. The van der Waals surface area contributed by atoms with Crippen molar-refractivity contribution in [2.45, 2.75) is 161 Å². The summed E-state index contributed by atoms with van der Waals surface area (Å²) in [5.74, 6) is 0. The highest BCUT2D eigenvalue weighted by Gasteiger charge is 1.94. The highest BCUT2D eigenvalue weighted by molar-refractivity contribution is 4.81. The zero-order valence-electron chi connectivity index (χ0n) is 20.4. The molecule has 0 fully saturated rings. The van der Waals surface area contributed by atoms with Crippen molar-refractivity contribution in [3.63, 3.8) is 0 Å². The van der Waals surface area contributed by atoms with Gasteiger partial charge in [0.2, 0.25) is 0 Å². The van der Waals surface area contributed by atoms with Crippen molar-refractivity contribution in [1.29, 1.82) is 0 Å². The zero-order chi connectivity index (χ0) is 21.1. The lowest BCUT2D eigenvalue weighted by Crippen LogP contribution is -1.83. The van der Waals surface area contributed by atoms with Crippen LogP contribution >= 0.6 is 0 Å². The molecule has 0 aromatic rings. The monoisotopic (exact) mass is 404 g/mol. The lowest BCUT2D eigenvalue weighted by molar-refractivity contribution is 0.531. The second-order valence-corrected chi connectivity index (χ2v) is 9.20. The Balaban J connectivity index is 3.04. The van der Waals surface area contributed by atoms with Gasteiger partial charge in [0.05, 0.1) is 0 Å². The molecule has 0 radical (unpaired) electrons. The van der Waals surface area contributed by atoms with Crippen molar-refractivity contribution in [3.8, 4) is 0 Å². The molecule has 0 aromatic heterocycles. The molecule has 0 unspecified atom stereocenters. The van der Waals surface area contributed by atoms with E-state index in [-0.39, 0.29) is 0 Å². The van der Waals surface area contributed by atoms with E-state index in [2.05, 4.69) is 31.7 Å². The van der Waals surface area contributed by atoms with Crippen LogP contribution < -0.4 is 0 Å². The molecule has 0 atom stereocenters. The Morgan fingerprint density at radius 2 is 0.655 bits per heavy atom. The first kappa shape index (κ1) is 28.5. The Morgan fingerprint density at radius 1 is 0.379 bits per heavy atom. The summed E-state index contributed by atoms with van der Waals surface area (Å²) in [7, 11) is 0. The Labute approximate surface area is 186 Å². The van der Waals surface area contributed by atoms with Crippen molar-refractivity contribution in [2.24, 2.45) is 0 Å². The molecule has 0 heteroatoms. The third-order valence-corrected chi connectivity index (χ3v) is 6.17. The Kier molecular flexibility index (Phi) is 27.0. The molecular formula is C29H56. The minimum Gasteiger partial charge on any atom is -0.103 e. The van der Waals surface area contributed by atoms with Crippen LogP contribution in [0.2, 0.25) is 0 Å². The third kappa shape index (κ3) is 27.5. The molecule has 0 aromatic carbocycles. The van der Waals surface area contributed by atoms with Crippen molar-refractivity contribution < 1.29 is 0 Å². The number of rotatable bonds is 25. The molecule has 0 N–H and O–H groups in total. The van der Waals surface area contributed by atoms with E-state index in [9.17, 15) is 0 Å². The normalized spacial score (nSPS) is 11.5. The molecule has 0 spiro atoms. The molecule has 0 aliphatic rings. The minimum absolute atomic E-state index is 1.20. The van der Waals surface area contributed by atoms with Crippen LogP contribution in [-0.4, -0.2) is 0 Å². The van der Waals surface area contributed by atoms with Crippen molar-refractivity contribution >= 4 is 0 Å². The smallest absolute Gasteiger partial charge is 0.0351 e. The molecule has 0 saturated carbocycles. The first-order valence-corrected chi connectivity index (χ1v) is 13.7. The molecule has 0 aliphatic carbocycles. The van der Waals surface area contributed by atoms with E-state index in [4.69, 9.17) is 0 Å². The summed E-state index contributed by atoms with van der Waals surface area (Å²) in [6, 6.07) is 0. The van der Waals surface area contributed by atoms with Gasteiger partial charge in [0.15, 0.2) is 0 Å². The van der Waals surface area contributed by atoms with Crippen LogP contribution in [0.3, 0.4) is 0 Å². The first-order chi connectivity index (χ1) is 14.4. The molecule has 0 saturated heterocycles. The van der Waals surface area contributed by atoms with E-state index in [1.54, 1.807) is 0 Å². The fraction of sp³-hybridized carbons (Fsp3) is 0.862. The second kappa shape index (κ2) is 27.5. The fourth-order valence-corrected chi connectivity index (χ4v) is 4.13. The molecular weight excluding hydrogens is 348 g/mol. The number of hydrogen-bond acceptors (Lipinski definition) is 0. The van der Waals surface area contributed by atoms with Crippen LogP contribution in [0.5, 0.6) is 0 Å². The summed E-state index contributed by atoms with van der Waals surface area (Å²) >= 11 is 0. The van der Waals surface area contributed by atoms with E-state index in [0.717, 1.165) is 0 Å². The molecule has 0 nitrogen and oxygen atoms in total. The average Bonchev–Trinajstić information content (AvgIpc) is 2.74. The van der Waals surface area contributed by atoms with Gasteiger partial charge in [-0.15, -0.1) is 6.58 Å². The third-order valence-electron chi connectivity index (χ3n) is 6.17. The van der Waals surface area contributed by atoms with Crippen molar-refractivity contribution in [1.82, 2.24) is 0 Å². The van der Waals surface area contributed by atoms with E-state index in [1.807, 2.05) is 0 Å². The van der Waals surface area contributed by atoms with Gasteiger partial charge in [-0.05, 0) is 38.5 Å². The SMILES string of the molecule is C=CCCCCCCCCCCCCCCCCC/C=C/CCCCCCCC. The Hall–Kier alpha value is -0.520. The quantitative estimate of drug-likeness (QED) is 0.105. The lowest BCUT2D eigenvalue weighted by atomic mass is 10.0. The molecule has 0 heterocycles. The molecule has 0 bridgehead atoms. The van der Waals surface area contributed by atoms with Crippen molar-refractivity contribution in [3.05, 3.63) is 24.8 Å². The van der Waals surface area contributed by atoms with Gasteiger partial charge >= 0.3 is 0 Å².